The third-order valence-corrected chi connectivity index (χ3v) is 4.30. The molecule has 7 heteroatoms. The first-order chi connectivity index (χ1) is 14.1. The third-order valence-electron chi connectivity index (χ3n) is 4.05. The number of hydrogen-bond donors (Lipinski definition) is 2. The highest BCUT2D eigenvalue weighted by Gasteiger charge is 2.07. The summed E-state index contributed by atoms with van der Waals surface area (Å²) in [6.45, 7) is 0.638. The molecule has 2 amide bonds. The van der Waals surface area contributed by atoms with E-state index in [1.807, 2.05) is 30.3 Å². The number of halogens is 1. The van der Waals surface area contributed by atoms with Gasteiger partial charge in [0.05, 0.1) is 12.2 Å². The Balaban J connectivity index is 1.41. The van der Waals surface area contributed by atoms with Gasteiger partial charge in [-0.1, -0.05) is 29.8 Å². The van der Waals surface area contributed by atoms with Crippen LogP contribution in [0.15, 0.2) is 72.9 Å². The zero-order valence-corrected chi connectivity index (χ0v) is 16.4. The van der Waals surface area contributed by atoms with Crippen LogP contribution in [0.4, 0.5) is 0 Å². The number of ether oxygens (including phenoxy) is 1. The van der Waals surface area contributed by atoms with Gasteiger partial charge in [-0.05, 0) is 54.1 Å². The lowest BCUT2D eigenvalue weighted by molar-refractivity contribution is -0.123. The van der Waals surface area contributed by atoms with Crippen molar-refractivity contribution in [1.29, 1.82) is 0 Å². The minimum absolute atomic E-state index is 0.112. The number of carbonyl (C=O) groups is 2. The SMILES string of the molecule is O=C(COc1ccc(C(=O)NCc2ccccn2)cc1)NCc1ccc(Cl)cc1. The second kappa shape index (κ2) is 10.2. The van der Waals surface area contributed by atoms with E-state index in [9.17, 15) is 9.59 Å². The third kappa shape index (κ3) is 6.62. The molecule has 1 heterocycles. The van der Waals surface area contributed by atoms with Crippen molar-refractivity contribution in [3.8, 4) is 5.75 Å². The number of nitrogens with zero attached hydrogens (tertiary/aromatic N) is 1. The van der Waals surface area contributed by atoms with Crippen molar-refractivity contribution >= 4 is 23.4 Å². The van der Waals surface area contributed by atoms with Crippen LogP contribution >= 0.6 is 11.6 Å². The van der Waals surface area contributed by atoms with E-state index in [0.29, 0.717) is 29.4 Å². The number of benzene rings is 2. The Morgan fingerprint density at radius 1 is 0.897 bits per heavy atom. The van der Waals surface area contributed by atoms with Gasteiger partial charge in [0, 0.05) is 23.3 Å². The Kier molecular flexibility index (Phi) is 7.19. The van der Waals surface area contributed by atoms with Crippen LogP contribution in [-0.2, 0) is 17.9 Å². The summed E-state index contributed by atoms with van der Waals surface area (Å²) >= 11 is 5.83. The van der Waals surface area contributed by atoms with Gasteiger partial charge in [-0.15, -0.1) is 0 Å². The average molecular weight is 410 g/mol. The van der Waals surface area contributed by atoms with E-state index >= 15 is 0 Å². The van der Waals surface area contributed by atoms with Crippen LogP contribution in [0, 0.1) is 0 Å². The molecule has 3 aromatic rings. The molecule has 0 fully saturated rings. The highest BCUT2D eigenvalue weighted by Crippen LogP contribution is 2.12. The van der Waals surface area contributed by atoms with E-state index < -0.39 is 0 Å². The molecule has 0 saturated heterocycles. The van der Waals surface area contributed by atoms with Crippen molar-refractivity contribution in [2.75, 3.05) is 6.61 Å². The van der Waals surface area contributed by atoms with Crippen LogP contribution in [0.3, 0.4) is 0 Å². The normalized spacial score (nSPS) is 10.2. The Morgan fingerprint density at radius 3 is 2.34 bits per heavy atom. The lowest BCUT2D eigenvalue weighted by Gasteiger charge is -2.09. The molecule has 0 radical (unpaired) electrons. The van der Waals surface area contributed by atoms with Crippen LogP contribution in [0.25, 0.3) is 0 Å². The Bertz CT molecular complexity index is 945. The maximum Gasteiger partial charge on any atom is 0.258 e. The van der Waals surface area contributed by atoms with Crippen LogP contribution in [0.5, 0.6) is 5.75 Å². The molecule has 2 N–H and O–H groups in total. The number of amides is 2. The summed E-state index contributed by atoms with van der Waals surface area (Å²) < 4.78 is 5.46. The standard InChI is InChI=1S/C22H20ClN3O3/c23-18-8-4-16(5-9-18)13-25-21(27)15-29-20-10-6-17(7-11-20)22(28)26-14-19-3-1-2-12-24-19/h1-12H,13-15H2,(H,25,27)(H,26,28). The van der Waals surface area contributed by atoms with Gasteiger partial charge in [-0.2, -0.15) is 0 Å². The molecule has 1 aromatic heterocycles. The Morgan fingerprint density at radius 2 is 1.66 bits per heavy atom. The second-order valence-corrected chi connectivity index (χ2v) is 6.66. The van der Waals surface area contributed by atoms with Gasteiger partial charge in [-0.25, -0.2) is 0 Å². The van der Waals surface area contributed by atoms with Gasteiger partial charge in [0.25, 0.3) is 11.8 Å². The van der Waals surface area contributed by atoms with E-state index in [1.54, 1.807) is 42.6 Å². The summed E-state index contributed by atoms with van der Waals surface area (Å²) in [5, 5.41) is 6.23. The number of aromatic nitrogens is 1. The fraction of sp³-hybridized carbons (Fsp3) is 0.136. The fourth-order valence-corrected chi connectivity index (χ4v) is 2.61. The molecule has 0 unspecified atom stereocenters. The predicted molar refractivity (Wildman–Crippen MR) is 111 cm³/mol. The van der Waals surface area contributed by atoms with E-state index in [1.165, 1.54) is 0 Å². The van der Waals surface area contributed by atoms with Crippen molar-refractivity contribution in [3.63, 3.8) is 0 Å². The van der Waals surface area contributed by atoms with Gasteiger partial charge in [-0.3, -0.25) is 14.6 Å². The summed E-state index contributed by atoms with van der Waals surface area (Å²) in [6.07, 6.45) is 1.68. The number of pyridine rings is 1. The predicted octanol–water partition coefficient (Wildman–Crippen LogP) is 3.36. The summed E-state index contributed by atoms with van der Waals surface area (Å²) in [7, 11) is 0. The summed E-state index contributed by atoms with van der Waals surface area (Å²) in [6, 6.07) is 19.4. The van der Waals surface area contributed by atoms with Gasteiger partial charge < -0.3 is 15.4 Å². The molecule has 148 valence electrons. The van der Waals surface area contributed by atoms with Crippen molar-refractivity contribution in [1.82, 2.24) is 15.6 Å². The molecule has 0 spiro atoms. The highest BCUT2D eigenvalue weighted by molar-refractivity contribution is 6.30. The van der Waals surface area contributed by atoms with E-state index in [-0.39, 0.29) is 18.4 Å². The van der Waals surface area contributed by atoms with E-state index in [2.05, 4.69) is 15.6 Å². The molecule has 0 saturated carbocycles. The smallest absolute Gasteiger partial charge is 0.258 e. The lowest BCUT2D eigenvalue weighted by Crippen LogP contribution is -2.28. The van der Waals surface area contributed by atoms with Gasteiger partial charge in [0.1, 0.15) is 5.75 Å². The minimum atomic E-state index is -0.239. The summed E-state index contributed by atoms with van der Waals surface area (Å²) in [5.74, 6) is 0.0629. The van der Waals surface area contributed by atoms with Crippen molar-refractivity contribution in [2.45, 2.75) is 13.1 Å². The molecule has 0 atom stereocenters. The topological polar surface area (TPSA) is 80.3 Å². The quantitative estimate of drug-likeness (QED) is 0.597. The molecule has 6 nitrogen and oxygen atoms in total. The first-order valence-corrected chi connectivity index (χ1v) is 9.40. The van der Waals surface area contributed by atoms with Gasteiger partial charge >= 0.3 is 0 Å². The average Bonchev–Trinajstić information content (AvgIpc) is 2.76. The summed E-state index contributed by atoms with van der Waals surface area (Å²) in [4.78, 5) is 28.3. The largest absolute Gasteiger partial charge is 0.484 e. The summed E-state index contributed by atoms with van der Waals surface area (Å²) in [5.41, 5.74) is 2.23. The minimum Gasteiger partial charge on any atom is -0.484 e. The van der Waals surface area contributed by atoms with E-state index in [4.69, 9.17) is 16.3 Å². The van der Waals surface area contributed by atoms with Gasteiger partial charge in [0.2, 0.25) is 0 Å². The molecule has 29 heavy (non-hydrogen) atoms. The first-order valence-electron chi connectivity index (χ1n) is 9.02. The molecular weight excluding hydrogens is 390 g/mol. The lowest BCUT2D eigenvalue weighted by atomic mass is 10.2. The molecule has 3 rings (SSSR count). The van der Waals surface area contributed by atoms with Crippen molar-refractivity contribution in [2.24, 2.45) is 0 Å². The molecule has 2 aromatic carbocycles. The number of carbonyl (C=O) groups excluding carboxylic acids is 2. The maximum atomic E-state index is 12.2. The van der Waals surface area contributed by atoms with Crippen LogP contribution in [0.2, 0.25) is 5.02 Å². The van der Waals surface area contributed by atoms with Crippen LogP contribution < -0.4 is 15.4 Å². The van der Waals surface area contributed by atoms with Crippen LogP contribution in [0.1, 0.15) is 21.6 Å². The molecule has 0 aliphatic rings. The Labute approximate surface area is 173 Å². The molecule has 0 aliphatic carbocycles. The molecular formula is C22H20ClN3O3. The van der Waals surface area contributed by atoms with Crippen molar-refractivity contribution in [3.05, 3.63) is 94.8 Å². The number of rotatable bonds is 8. The van der Waals surface area contributed by atoms with Crippen molar-refractivity contribution < 1.29 is 14.3 Å². The molecule has 0 bridgehead atoms. The second-order valence-electron chi connectivity index (χ2n) is 6.22. The fourth-order valence-electron chi connectivity index (χ4n) is 2.48. The maximum absolute atomic E-state index is 12.2. The van der Waals surface area contributed by atoms with Crippen LogP contribution in [-0.4, -0.2) is 23.4 Å². The number of hydrogen-bond acceptors (Lipinski definition) is 4. The zero-order chi connectivity index (χ0) is 20.5. The first kappa shape index (κ1) is 20.4. The highest BCUT2D eigenvalue weighted by atomic mass is 35.5. The zero-order valence-electron chi connectivity index (χ0n) is 15.6. The number of nitrogens with one attached hydrogen (secondary N) is 2. The Hall–Kier alpha value is -3.38. The van der Waals surface area contributed by atoms with E-state index in [0.717, 1.165) is 11.3 Å². The monoisotopic (exact) mass is 409 g/mol. The van der Waals surface area contributed by atoms with Gasteiger partial charge in [0.15, 0.2) is 6.61 Å². The molecule has 0 aliphatic heterocycles.